The Morgan fingerprint density at radius 1 is 1.64 bits per heavy atom. The van der Waals surface area contributed by atoms with Crippen molar-refractivity contribution in [2.24, 2.45) is 0 Å². The third kappa shape index (κ3) is 2.83. The molecule has 1 aliphatic carbocycles. The van der Waals surface area contributed by atoms with Crippen molar-refractivity contribution < 1.29 is 14.3 Å². The summed E-state index contributed by atoms with van der Waals surface area (Å²) in [6.45, 7) is 5.13. The van der Waals surface area contributed by atoms with Crippen molar-refractivity contribution in [2.75, 3.05) is 6.61 Å². The van der Waals surface area contributed by atoms with E-state index >= 15 is 0 Å². The van der Waals surface area contributed by atoms with Gasteiger partial charge in [0.2, 0.25) is 0 Å². The molecule has 0 atom stereocenters. The summed E-state index contributed by atoms with van der Waals surface area (Å²) in [7, 11) is 0. The first kappa shape index (κ1) is 10.7. The number of allylic oxidation sites excluding steroid dienone is 1. The van der Waals surface area contributed by atoms with Gasteiger partial charge in [0.25, 0.3) is 0 Å². The maximum Gasteiger partial charge on any atom is 0.333 e. The minimum absolute atomic E-state index is 0.0878. The molecule has 0 saturated carbocycles. The van der Waals surface area contributed by atoms with Gasteiger partial charge >= 0.3 is 5.97 Å². The summed E-state index contributed by atoms with van der Waals surface area (Å²) in [5.74, 6) is -0.352. The molecular formula is C11H14O3. The van der Waals surface area contributed by atoms with E-state index in [1.807, 2.05) is 6.08 Å². The Hall–Kier alpha value is -1.38. The molecule has 0 N–H and O–H groups in total. The van der Waals surface area contributed by atoms with E-state index in [1.54, 1.807) is 6.92 Å². The van der Waals surface area contributed by atoms with Crippen molar-refractivity contribution in [3.63, 3.8) is 0 Å². The molecule has 0 spiro atoms. The first-order chi connectivity index (χ1) is 6.61. The van der Waals surface area contributed by atoms with Gasteiger partial charge in [-0.3, -0.25) is 4.79 Å². The van der Waals surface area contributed by atoms with Gasteiger partial charge in [-0.1, -0.05) is 12.7 Å². The van der Waals surface area contributed by atoms with E-state index in [1.165, 1.54) is 0 Å². The maximum atomic E-state index is 11.3. The van der Waals surface area contributed by atoms with Crippen molar-refractivity contribution in [3.8, 4) is 0 Å². The van der Waals surface area contributed by atoms with Crippen LogP contribution in [0.15, 0.2) is 23.8 Å². The van der Waals surface area contributed by atoms with E-state index in [9.17, 15) is 9.59 Å². The number of ketones is 1. The van der Waals surface area contributed by atoms with Crippen LogP contribution < -0.4 is 0 Å². The molecule has 0 heterocycles. The Morgan fingerprint density at radius 2 is 2.36 bits per heavy atom. The number of Topliss-reactive ketones (excluding diaryl/α,β-unsaturated/α-hetero) is 1. The van der Waals surface area contributed by atoms with Gasteiger partial charge < -0.3 is 4.74 Å². The van der Waals surface area contributed by atoms with Crippen LogP contribution in [0.3, 0.4) is 0 Å². The van der Waals surface area contributed by atoms with Crippen molar-refractivity contribution in [1.29, 1.82) is 0 Å². The second kappa shape index (κ2) is 4.74. The molecule has 0 aliphatic heterocycles. The number of ether oxygens (including phenoxy) is 1. The van der Waals surface area contributed by atoms with Crippen LogP contribution in [0.5, 0.6) is 0 Å². The molecule has 1 aliphatic rings. The lowest BCUT2D eigenvalue weighted by atomic mass is 9.99. The first-order valence-electron chi connectivity index (χ1n) is 4.66. The summed E-state index contributed by atoms with van der Waals surface area (Å²) in [5.41, 5.74) is 0.972. The zero-order valence-electron chi connectivity index (χ0n) is 8.34. The highest BCUT2D eigenvalue weighted by atomic mass is 16.5. The second-order valence-corrected chi connectivity index (χ2v) is 3.40. The minimum Gasteiger partial charge on any atom is -0.457 e. The molecule has 0 bridgehead atoms. The quantitative estimate of drug-likeness (QED) is 0.508. The summed E-state index contributed by atoms with van der Waals surface area (Å²) in [5, 5.41) is 0. The maximum absolute atomic E-state index is 11.3. The minimum atomic E-state index is -0.440. The monoisotopic (exact) mass is 194 g/mol. The van der Waals surface area contributed by atoms with Crippen molar-refractivity contribution >= 4 is 11.8 Å². The summed E-state index contributed by atoms with van der Waals surface area (Å²) in [6, 6.07) is 0. The molecule has 0 saturated heterocycles. The second-order valence-electron chi connectivity index (χ2n) is 3.40. The van der Waals surface area contributed by atoms with Gasteiger partial charge in [-0.15, -0.1) is 0 Å². The molecule has 0 aromatic rings. The highest BCUT2D eigenvalue weighted by Gasteiger charge is 2.15. The van der Waals surface area contributed by atoms with Crippen LogP contribution in [0.4, 0.5) is 0 Å². The fraction of sp³-hybridized carbons (Fsp3) is 0.455. The fourth-order valence-electron chi connectivity index (χ4n) is 1.22. The van der Waals surface area contributed by atoms with Crippen LogP contribution in [0.2, 0.25) is 0 Å². The molecular weight excluding hydrogens is 180 g/mol. The topological polar surface area (TPSA) is 43.4 Å². The predicted molar refractivity (Wildman–Crippen MR) is 52.7 cm³/mol. The van der Waals surface area contributed by atoms with E-state index in [0.29, 0.717) is 17.6 Å². The number of hydrogen-bond donors (Lipinski definition) is 0. The fourth-order valence-corrected chi connectivity index (χ4v) is 1.22. The highest BCUT2D eigenvalue weighted by molar-refractivity contribution is 5.97. The van der Waals surface area contributed by atoms with Gasteiger partial charge in [0.1, 0.15) is 6.61 Å². The molecule has 0 unspecified atom stereocenters. The predicted octanol–water partition coefficient (Wildman–Crippen LogP) is 1.79. The molecule has 14 heavy (non-hydrogen) atoms. The lowest BCUT2D eigenvalue weighted by Gasteiger charge is -2.11. The Labute approximate surface area is 83.4 Å². The van der Waals surface area contributed by atoms with Crippen LogP contribution in [0.1, 0.15) is 26.2 Å². The molecule has 0 fully saturated rings. The van der Waals surface area contributed by atoms with Gasteiger partial charge in [0, 0.05) is 17.6 Å². The lowest BCUT2D eigenvalue weighted by molar-refractivity contribution is -0.138. The van der Waals surface area contributed by atoms with Crippen LogP contribution in [-0.4, -0.2) is 18.4 Å². The highest BCUT2D eigenvalue weighted by Crippen LogP contribution is 2.14. The van der Waals surface area contributed by atoms with Crippen molar-refractivity contribution in [3.05, 3.63) is 23.8 Å². The number of rotatable bonds is 3. The molecule has 0 radical (unpaired) electrons. The molecule has 3 heteroatoms. The molecule has 0 amide bonds. The van der Waals surface area contributed by atoms with E-state index in [-0.39, 0.29) is 12.4 Å². The van der Waals surface area contributed by atoms with E-state index in [2.05, 4.69) is 6.58 Å². The number of hydrogen-bond acceptors (Lipinski definition) is 3. The average molecular weight is 194 g/mol. The first-order valence-corrected chi connectivity index (χ1v) is 4.66. The summed E-state index contributed by atoms with van der Waals surface area (Å²) < 4.78 is 4.89. The molecule has 0 aromatic heterocycles. The van der Waals surface area contributed by atoms with Gasteiger partial charge in [-0.25, -0.2) is 4.79 Å². The largest absolute Gasteiger partial charge is 0.457 e. The lowest BCUT2D eigenvalue weighted by Crippen LogP contribution is -2.15. The van der Waals surface area contributed by atoms with Gasteiger partial charge in [-0.2, -0.15) is 0 Å². The van der Waals surface area contributed by atoms with E-state index in [4.69, 9.17) is 4.74 Å². The molecule has 0 aromatic carbocycles. The summed E-state index contributed by atoms with van der Waals surface area (Å²) >= 11 is 0. The zero-order valence-corrected chi connectivity index (χ0v) is 8.34. The number of carbonyl (C=O) groups is 2. The van der Waals surface area contributed by atoms with Gasteiger partial charge in [0.05, 0.1) is 0 Å². The zero-order chi connectivity index (χ0) is 10.6. The smallest absolute Gasteiger partial charge is 0.333 e. The molecule has 1 rings (SSSR count). The summed E-state index contributed by atoms with van der Waals surface area (Å²) in [4.78, 5) is 22.3. The van der Waals surface area contributed by atoms with Crippen LogP contribution in [0, 0.1) is 0 Å². The van der Waals surface area contributed by atoms with Crippen LogP contribution in [-0.2, 0) is 14.3 Å². The molecule has 3 nitrogen and oxygen atoms in total. The Kier molecular flexibility index (Phi) is 3.63. The van der Waals surface area contributed by atoms with Crippen LogP contribution >= 0.6 is 0 Å². The third-order valence-electron chi connectivity index (χ3n) is 2.06. The standard InChI is InChI=1S/C11H14O3/c1-8(2)11(13)14-7-9-5-3-4-6-10(9)12/h5H,1,3-4,6-7H2,2H3. The Balaban J connectivity index is 2.45. The number of esters is 1. The van der Waals surface area contributed by atoms with Crippen LogP contribution in [0.25, 0.3) is 0 Å². The Morgan fingerprint density at radius 3 is 2.93 bits per heavy atom. The van der Waals surface area contributed by atoms with Crippen molar-refractivity contribution in [1.82, 2.24) is 0 Å². The van der Waals surface area contributed by atoms with Gasteiger partial charge in [0.15, 0.2) is 5.78 Å². The normalized spacial score (nSPS) is 16.1. The van der Waals surface area contributed by atoms with Gasteiger partial charge in [-0.05, 0) is 19.8 Å². The average Bonchev–Trinajstić information content (AvgIpc) is 2.16. The molecule has 76 valence electrons. The number of carbonyl (C=O) groups excluding carboxylic acids is 2. The third-order valence-corrected chi connectivity index (χ3v) is 2.06. The SMILES string of the molecule is C=C(C)C(=O)OCC1=CCCCC1=O. The van der Waals surface area contributed by atoms with E-state index in [0.717, 1.165) is 12.8 Å². The van der Waals surface area contributed by atoms with E-state index < -0.39 is 5.97 Å². The van der Waals surface area contributed by atoms with Crippen molar-refractivity contribution in [2.45, 2.75) is 26.2 Å². The Bertz CT molecular complexity index is 300. The summed E-state index contributed by atoms with van der Waals surface area (Å²) in [6.07, 6.45) is 4.20.